The number of H-pyrrole nitrogens is 1. The smallest absolute Gasteiger partial charge is 0.264 e. The van der Waals surface area contributed by atoms with E-state index < -0.39 is 5.56 Å². The van der Waals surface area contributed by atoms with Crippen molar-refractivity contribution >= 4 is 24.4 Å². The van der Waals surface area contributed by atoms with Gasteiger partial charge in [-0.2, -0.15) is 5.10 Å². The summed E-state index contributed by atoms with van der Waals surface area (Å²) in [6.07, 6.45) is 1.19. The first-order valence-corrected chi connectivity index (χ1v) is 7.49. The van der Waals surface area contributed by atoms with E-state index in [1.54, 1.807) is 0 Å². The Labute approximate surface area is 143 Å². The maximum Gasteiger partial charge on any atom is 0.264 e. The molecule has 0 atom stereocenters. The quantitative estimate of drug-likeness (QED) is 0.406. The van der Waals surface area contributed by atoms with E-state index in [4.69, 9.17) is 17.0 Å². The molecule has 0 aliphatic carbocycles. The number of aryl methyl sites for hydroxylation is 2. The first-order chi connectivity index (χ1) is 11.4. The lowest BCUT2D eigenvalue weighted by atomic mass is 10.3. The second kappa shape index (κ2) is 7.79. The van der Waals surface area contributed by atoms with Crippen LogP contribution in [0.5, 0.6) is 5.88 Å². The molecule has 0 aromatic carbocycles. The number of nitrogens with one attached hydrogen (secondary N) is 2. The number of hydrogen-bond donors (Lipinski definition) is 3. The fourth-order valence-electron chi connectivity index (χ4n) is 2.01. The van der Waals surface area contributed by atoms with Gasteiger partial charge in [0.1, 0.15) is 5.56 Å². The molecule has 2 aromatic heterocycles. The molecule has 0 saturated carbocycles. The number of methoxy groups -OCH3 is 1. The average Bonchev–Trinajstić information content (AvgIpc) is 2.49. The molecule has 2 heterocycles. The molecule has 10 heteroatoms. The van der Waals surface area contributed by atoms with Crippen molar-refractivity contribution in [1.29, 1.82) is 0 Å². The van der Waals surface area contributed by atoms with E-state index >= 15 is 0 Å². The largest absolute Gasteiger partial charge is 0.494 e. The zero-order chi connectivity index (χ0) is 17.7. The van der Waals surface area contributed by atoms with Gasteiger partial charge in [0.2, 0.25) is 11.8 Å². The van der Waals surface area contributed by atoms with E-state index in [-0.39, 0.29) is 16.2 Å². The number of rotatable bonds is 6. The number of aromatic nitrogens is 4. The first kappa shape index (κ1) is 17.8. The van der Waals surface area contributed by atoms with Gasteiger partial charge in [0.15, 0.2) is 4.77 Å². The number of hydrogen-bond acceptors (Lipinski definition) is 8. The fraction of sp³-hybridized carbons (Fsp3) is 0.357. The topological polar surface area (TPSA) is 117 Å². The minimum Gasteiger partial charge on any atom is -0.494 e. The van der Waals surface area contributed by atoms with Gasteiger partial charge in [0, 0.05) is 18.5 Å². The van der Waals surface area contributed by atoms with Crippen LogP contribution in [0.2, 0.25) is 0 Å². The van der Waals surface area contributed by atoms with Gasteiger partial charge >= 0.3 is 0 Å². The Balaban J connectivity index is 2.28. The van der Waals surface area contributed by atoms with Gasteiger partial charge in [-0.25, -0.2) is 15.4 Å². The summed E-state index contributed by atoms with van der Waals surface area (Å²) in [6, 6.07) is 1.83. The highest BCUT2D eigenvalue weighted by atomic mass is 32.1. The lowest BCUT2D eigenvalue weighted by Crippen LogP contribution is -2.20. The molecule has 0 aliphatic heterocycles. The summed E-state index contributed by atoms with van der Waals surface area (Å²) in [7, 11) is 1.53. The Bertz CT molecular complexity index is 854. The average molecular weight is 350 g/mol. The Morgan fingerprint density at radius 1 is 1.46 bits per heavy atom. The number of aromatic amines is 1. The minimum atomic E-state index is -0.543. The van der Waals surface area contributed by atoms with Crippen LogP contribution in [0.25, 0.3) is 0 Å². The van der Waals surface area contributed by atoms with Crippen molar-refractivity contribution in [3.05, 3.63) is 38.1 Å². The van der Waals surface area contributed by atoms with Crippen LogP contribution in [-0.4, -0.2) is 44.6 Å². The molecule has 2 aromatic rings. The standard InChI is InChI=1S/C14H18N6O3S/c1-8-6-9(2)17-13(16-8)19-15-7-10-11(21)18-14(24)20(12(10)22)4-5-23-3/h6-7,22H,4-5H2,1-3H3,(H,16,17,19)(H,18,21,24)/b15-7-. The van der Waals surface area contributed by atoms with Crippen molar-refractivity contribution in [2.45, 2.75) is 20.4 Å². The Hall–Kier alpha value is -2.59. The number of ether oxygens (including phenoxy) is 1. The maximum absolute atomic E-state index is 12.0. The Morgan fingerprint density at radius 3 is 2.75 bits per heavy atom. The Morgan fingerprint density at radius 2 is 2.12 bits per heavy atom. The lowest BCUT2D eigenvalue weighted by Gasteiger charge is -2.10. The highest BCUT2D eigenvalue weighted by Gasteiger charge is 2.10. The fourth-order valence-corrected chi connectivity index (χ4v) is 2.28. The van der Waals surface area contributed by atoms with E-state index in [0.717, 1.165) is 11.4 Å². The normalized spacial score (nSPS) is 11.1. The van der Waals surface area contributed by atoms with Crippen LogP contribution in [0.3, 0.4) is 0 Å². The van der Waals surface area contributed by atoms with Crippen molar-refractivity contribution in [1.82, 2.24) is 19.5 Å². The van der Waals surface area contributed by atoms with Gasteiger partial charge in [-0.1, -0.05) is 0 Å². The maximum atomic E-state index is 12.0. The van der Waals surface area contributed by atoms with E-state index in [9.17, 15) is 9.90 Å². The predicted molar refractivity (Wildman–Crippen MR) is 92.2 cm³/mol. The summed E-state index contributed by atoms with van der Waals surface area (Å²) in [5.41, 5.74) is 3.63. The van der Waals surface area contributed by atoms with Crippen LogP contribution in [0.15, 0.2) is 16.0 Å². The SMILES string of the molecule is COCCn1c(O)c(/C=N\Nc2nc(C)cc(C)n2)c(=O)[nH]c1=S. The highest BCUT2D eigenvalue weighted by molar-refractivity contribution is 7.71. The summed E-state index contributed by atoms with van der Waals surface area (Å²) < 4.78 is 6.42. The molecule has 0 spiro atoms. The second-order valence-corrected chi connectivity index (χ2v) is 5.37. The number of nitrogens with zero attached hydrogens (tertiary/aromatic N) is 4. The van der Waals surface area contributed by atoms with Crippen molar-refractivity contribution in [3.8, 4) is 5.88 Å². The van der Waals surface area contributed by atoms with Crippen LogP contribution in [-0.2, 0) is 11.3 Å². The monoisotopic (exact) mass is 350 g/mol. The van der Waals surface area contributed by atoms with Crippen LogP contribution in [0, 0.1) is 18.6 Å². The van der Waals surface area contributed by atoms with E-state index in [2.05, 4.69) is 25.5 Å². The molecule has 0 saturated heterocycles. The lowest BCUT2D eigenvalue weighted by molar-refractivity contribution is 0.182. The zero-order valence-corrected chi connectivity index (χ0v) is 14.3. The molecule has 0 radical (unpaired) electrons. The molecule has 0 unspecified atom stereocenters. The molecule has 24 heavy (non-hydrogen) atoms. The van der Waals surface area contributed by atoms with Gasteiger partial charge < -0.3 is 9.84 Å². The van der Waals surface area contributed by atoms with Crippen molar-refractivity contribution < 1.29 is 9.84 Å². The molecule has 0 bridgehead atoms. The van der Waals surface area contributed by atoms with Crippen molar-refractivity contribution in [2.75, 3.05) is 19.1 Å². The van der Waals surface area contributed by atoms with E-state index in [0.29, 0.717) is 19.1 Å². The van der Waals surface area contributed by atoms with Gasteiger partial charge in [-0.05, 0) is 32.1 Å². The third-order valence-corrected chi connectivity index (χ3v) is 3.39. The van der Waals surface area contributed by atoms with Crippen molar-refractivity contribution in [3.63, 3.8) is 0 Å². The number of hydrazone groups is 1. The van der Waals surface area contributed by atoms with Crippen molar-refractivity contribution in [2.24, 2.45) is 5.10 Å². The molecule has 0 aliphatic rings. The number of anilines is 1. The Kier molecular flexibility index (Phi) is 5.77. The predicted octanol–water partition coefficient (Wildman–Crippen LogP) is 1.11. The third kappa shape index (κ3) is 4.24. The molecule has 0 fully saturated rings. The van der Waals surface area contributed by atoms with Crippen LogP contribution >= 0.6 is 12.2 Å². The summed E-state index contributed by atoms with van der Waals surface area (Å²) >= 11 is 5.03. The molecule has 3 N–H and O–H groups in total. The summed E-state index contributed by atoms with van der Waals surface area (Å²) in [4.78, 5) is 22.8. The zero-order valence-electron chi connectivity index (χ0n) is 13.5. The molecular formula is C14H18N6O3S. The highest BCUT2D eigenvalue weighted by Crippen LogP contribution is 2.11. The molecule has 9 nitrogen and oxygen atoms in total. The second-order valence-electron chi connectivity index (χ2n) is 4.99. The van der Waals surface area contributed by atoms with E-state index in [1.807, 2.05) is 19.9 Å². The molecule has 2 rings (SSSR count). The van der Waals surface area contributed by atoms with Gasteiger partial charge in [0.25, 0.3) is 5.56 Å². The van der Waals surface area contributed by atoms with Gasteiger partial charge in [-0.15, -0.1) is 0 Å². The number of aromatic hydroxyl groups is 1. The summed E-state index contributed by atoms with van der Waals surface area (Å²) in [6.45, 7) is 4.30. The summed E-state index contributed by atoms with van der Waals surface area (Å²) in [5.74, 6) is 0.0134. The van der Waals surface area contributed by atoms with Crippen LogP contribution in [0.4, 0.5) is 5.95 Å². The molecule has 0 amide bonds. The first-order valence-electron chi connectivity index (χ1n) is 7.08. The van der Waals surface area contributed by atoms with E-state index in [1.165, 1.54) is 17.9 Å². The molecular weight excluding hydrogens is 332 g/mol. The van der Waals surface area contributed by atoms with Crippen LogP contribution in [0.1, 0.15) is 17.0 Å². The van der Waals surface area contributed by atoms with Gasteiger partial charge in [-0.3, -0.25) is 14.3 Å². The molecule has 128 valence electrons. The third-order valence-electron chi connectivity index (χ3n) is 3.07. The van der Waals surface area contributed by atoms with Gasteiger partial charge in [0.05, 0.1) is 19.4 Å². The summed E-state index contributed by atoms with van der Waals surface area (Å²) in [5, 5.41) is 14.1. The van der Waals surface area contributed by atoms with Crippen LogP contribution < -0.4 is 11.0 Å². The minimum absolute atomic E-state index is 0.0309.